The smallest absolute Gasteiger partial charge is 0.147 e. The van der Waals surface area contributed by atoms with E-state index in [4.69, 9.17) is 0 Å². The zero-order valence-electron chi connectivity index (χ0n) is 9.77. The molecule has 0 spiro atoms. The van der Waals surface area contributed by atoms with Gasteiger partial charge in [-0.3, -0.25) is 4.98 Å². The van der Waals surface area contributed by atoms with E-state index in [1.807, 2.05) is 19.9 Å². The molecule has 5 heteroatoms. The summed E-state index contributed by atoms with van der Waals surface area (Å²) < 4.78 is 21.9. The summed E-state index contributed by atoms with van der Waals surface area (Å²) in [6.45, 7) is 3.78. The van der Waals surface area contributed by atoms with Crippen molar-refractivity contribution in [1.29, 1.82) is 0 Å². The van der Waals surface area contributed by atoms with Crippen LogP contribution in [0, 0.1) is 13.8 Å². The third-order valence-electron chi connectivity index (χ3n) is 2.33. The van der Waals surface area contributed by atoms with E-state index in [0.29, 0.717) is 5.69 Å². The van der Waals surface area contributed by atoms with E-state index in [-0.39, 0.29) is 12.2 Å². The third kappa shape index (κ3) is 3.90. The lowest BCUT2D eigenvalue weighted by atomic mass is 10.1. The largest absolute Gasteiger partial charge is 0.387 e. The summed E-state index contributed by atoms with van der Waals surface area (Å²) in [4.78, 5) is 4.13. The van der Waals surface area contributed by atoms with Crippen molar-refractivity contribution in [3.05, 3.63) is 29.1 Å². The molecule has 0 bridgehead atoms. The van der Waals surface area contributed by atoms with Gasteiger partial charge < -0.3 is 5.11 Å². The van der Waals surface area contributed by atoms with Crippen LogP contribution in [0.25, 0.3) is 0 Å². The van der Waals surface area contributed by atoms with Crippen LogP contribution >= 0.6 is 0 Å². The van der Waals surface area contributed by atoms with Crippen molar-refractivity contribution in [2.45, 2.75) is 26.4 Å². The molecule has 16 heavy (non-hydrogen) atoms. The van der Waals surface area contributed by atoms with Crippen LogP contribution in [-0.2, 0) is 9.84 Å². The Balaban J connectivity index is 2.77. The van der Waals surface area contributed by atoms with Crippen LogP contribution in [0.3, 0.4) is 0 Å². The van der Waals surface area contributed by atoms with Gasteiger partial charge in [0.1, 0.15) is 9.84 Å². The summed E-state index contributed by atoms with van der Waals surface area (Å²) in [5.74, 6) is -0.0246. The molecule has 0 saturated carbocycles. The van der Waals surface area contributed by atoms with Gasteiger partial charge in [-0.05, 0) is 31.4 Å². The summed E-state index contributed by atoms with van der Waals surface area (Å²) in [6.07, 6.45) is 2.21. The predicted octanol–water partition coefficient (Wildman–Crippen LogP) is 1.17. The van der Waals surface area contributed by atoms with Crippen molar-refractivity contribution in [3.63, 3.8) is 0 Å². The fourth-order valence-electron chi connectivity index (χ4n) is 1.54. The molecule has 1 atom stereocenters. The van der Waals surface area contributed by atoms with Crippen LogP contribution in [-0.4, -0.2) is 30.5 Å². The van der Waals surface area contributed by atoms with Crippen LogP contribution in [0.15, 0.2) is 12.3 Å². The number of aromatic nitrogens is 1. The van der Waals surface area contributed by atoms with Crippen LogP contribution in [0.2, 0.25) is 0 Å². The molecule has 1 heterocycles. The Hall–Kier alpha value is -0.940. The highest BCUT2D eigenvalue weighted by Gasteiger charge is 2.14. The lowest BCUT2D eigenvalue weighted by Crippen LogP contribution is -2.10. The topological polar surface area (TPSA) is 67.3 Å². The van der Waals surface area contributed by atoms with E-state index in [0.717, 1.165) is 17.4 Å². The van der Waals surface area contributed by atoms with Gasteiger partial charge in [-0.2, -0.15) is 0 Å². The monoisotopic (exact) mass is 243 g/mol. The fourth-order valence-corrected chi connectivity index (χ4v) is 2.19. The molecule has 4 nitrogen and oxygen atoms in total. The van der Waals surface area contributed by atoms with E-state index in [1.54, 1.807) is 6.20 Å². The zero-order chi connectivity index (χ0) is 12.3. The minimum Gasteiger partial charge on any atom is -0.387 e. The molecule has 1 unspecified atom stereocenters. The van der Waals surface area contributed by atoms with Gasteiger partial charge >= 0.3 is 0 Å². The second kappa shape index (κ2) is 4.93. The van der Waals surface area contributed by atoms with Gasteiger partial charge in [0.25, 0.3) is 0 Å². The van der Waals surface area contributed by atoms with E-state index >= 15 is 0 Å². The van der Waals surface area contributed by atoms with E-state index in [1.165, 1.54) is 0 Å². The minimum atomic E-state index is -3.04. The van der Waals surface area contributed by atoms with Crippen molar-refractivity contribution >= 4 is 9.84 Å². The SMILES string of the molecule is Cc1cnc(C(O)CCS(C)(=O)=O)c(C)c1. The Morgan fingerprint density at radius 3 is 2.56 bits per heavy atom. The number of aliphatic hydroxyl groups is 1. The van der Waals surface area contributed by atoms with Crippen LogP contribution in [0.1, 0.15) is 29.3 Å². The Labute approximate surface area is 96.3 Å². The van der Waals surface area contributed by atoms with Gasteiger partial charge in [0.15, 0.2) is 0 Å². The Kier molecular flexibility index (Phi) is 4.04. The number of hydrogen-bond donors (Lipinski definition) is 1. The van der Waals surface area contributed by atoms with E-state index < -0.39 is 15.9 Å². The Morgan fingerprint density at radius 2 is 2.06 bits per heavy atom. The van der Waals surface area contributed by atoms with E-state index in [9.17, 15) is 13.5 Å². The third-order valence-corrected chi connectivity index (χ3v) is 3.31. The zero-order valence-corrected chi connectivity index (χ0v) is 10.6. The highest BCUT2D eigenvalue weighted by Crippen LogP contribution is 2.19. The molecule has 90 valence electrons. The summed E-state index contributed by atoms with van der Waals surface area (Å²) >= 11 is 0. The molecule has 0 aromatic carbocycles. The first-order chi connectivity index (χ1) is 7.29. The maximum Gasteiger partial charge on any atom is 0.147 e. The lowest BCUT2D eigenvalue weighted by Gasteiger charge is -2.12. The molecular formula is C11H17NO3S. The summed E-state index contributed by atoms with van der Waals surface area (Å²) in [7, 11) is -3.04. The number of aliphatic hydroxyl groups excluding tert-OH is 1. The van der Waals surface area contributed by atoms with Gasteiger partial charge in [0, 0.05) is 12.5 Å². The van der Waals surface area contributed by atoms with Gasteiger partial charge in [-0.15, -0.1) is 0 Å². The van der Waals surface area contributed by atoms with Gasteiger partial charge in [0.05, 0.1) is 17.6 Å². The first-order valence-electron chi connectivity index (χ1n) is 5.08. The van der Waals surface area contributed by atoms with Gasteiger partial charge in [-0.1, -0.05) is 6.07 Å². The summed E-state index contributed by atoms with van der Waals surface area (Å²) in [5, 5.41) is 9.83. The Bertz CT molecular complexity index is 468. The molecule has 0 radical (unpaired) electrons. The van der Waals surface area contributed by atoms with Crippen molar-refractivity contribution in [1.82, 2.24) is 4.98 Å². The molecule has 1 rings (SSSR count). The summed E-state index contributed by atoms with van der Waals surface area (Å²) in [6, 6.07) is 1.92. The molecule has 0 aliphatic rings. The predicted molar refractivity (Wildman–Crippen MR) is 63.0 cm³/mol. The lowest BCUT2D eigenvalue weighted by molar-refractivity contribution is 0.169. The van der Waals surface area contributed by atoms with Gasteiger partial charge in [0.2, 0.25) is 0 Å². The first-order valence-corrected chi connectivity index (χ1v) is 7.14. The number of aryl methyl sites for hydroxylation is 2. The average molecular weight is 243 g/mol. The minimum absolute atomic E-state index is 0.0246. The number of rotatable bonds is 4. The maximum atomic E-state index is 11.0. The van der Waals surface area contributed by atoms with Crippen molar-refractivity contribution < 1.29 is 13.5 Å². The van der Waals surface area contributed by atoms with Crippen LogP contribution in [0.4, 0.5) is 0 Å². The molecule has 0 aliphatic carbocycles. The van der Waals surface area contributed by atoms with E-state index in [2.05, 4.69) is 4.98 Å². The molecule has 1 aromatic heterocycles. The molecule has 0 saturated heterocycles. The number of pyridine rings is 1. The molecular weight excluding hydrogens is 226 g/mol. The van der Waals surface area contributed by atoms with Crippen LogP contribution < -0.4 is 0 Å². The fraction of sp³-hybridized carbons (Fsp3) is 0.545. The second-order valence-electron chi connectivity index (χ2n) is 4.15. The Morgan fingerprint density at radius 1 is 1.44 bits per heavy atom. The van der Waals surface area contributed by atoms with Crippen molar-refractivity contribution in [2.75, 3.05) is 12.0 Å². The average Bonchev–Trinajstić information content (AvgIpc) is 2.13. The molecule has 0 aliphatic heterocycles. The molecule has 1 aromatic rings. The quantitative estimate of drug-likeness (QED) is 0.862. The number of hydrogen-bond acceptors (Lipinski definition) is 4. The number of sulfone groups is 1. The highest BCUT2D eigenvalue weighted by molar-refractivity contribution is 7.90. The second-order valence-corrected chi connectivity index (χ2v) is 6.41. The maximum absolute atomic E-state index is 11.0. The molecule has 0 fully saturated rings. The number of nitrogens with zero attached hydrogens (tertiary/aromatic N) is 1. The normalized spacial score (nSPS) is 13.8. The standard InChI is InChI=1S/C11H17NO3S/c1-8-6-9(2)11(12-7-8)10(13)4-5-16(3,14)15/h6-7,10,13H,4-5H2,1-3H3. The molecule has 0 amide bonds. The van der Waals surface area contributed by atoms with Crippen molar-refractivity contribution in [2.24, 2.45) is 0 Å². The van der Waals surface area contributed by atoms with Gasteiger partial charge in [-0.25, -0.2) is 8.42 Å². The first kappa shape index (κ1) is 13.1. The molecule has 1 N–H and O–H groups in total. The summed E-state index contributed by atoms with van der Waals surface area (Å²) in [5.41, 5.74) is 2.48. The highest BCUT2D eigenvalue weighted by atomic mass is 32.2. The van der Waals surface area contributed by atoms with Crippen molar-refractivity contribution in [3.8, 4) is 0 Å². The van der Waals surface area contributed by atoms with Crippen LogP contribution in [0.5, 0.6) is 0 Å².